The third-order valence-electron chi connectivity index (χ3n) is 4.74. The summed E-state index contributed by atoms with van der Waals surface area (Å²) < 4.78 is 5.13. The highest BCUT2D eigenvalue weighted by atomic mass is 35.5. The first-order valence-corrected chi connectivity index (χ1v) is 8.82. The average Bonchev–Trinajstić information content (AvgIpc) is 3.21. The first-order chi connectivity index (χ1) is 12.8. The molecule has 7 heteroatoms. The van der Waals surface area contributed by atoms with Crippen molar-refractivity contribution >= 4 is 30.7 Å². The van der Waals surface area contributed by atoms with E-state index in [0.717, 1.165) is 31.6 Å². The number of furan rings is 1. The van der Waals surface area contributed by atoms with Crippen molar-refractivity contribution in [2.45, 2.75) is 26.1 Å². The van der Waals surface area contributed by atoms with Crippen LogP contribution in [0.1, 0.15) is 32.8 Å². The Hall–Kier alpha value is -2.34. The van der Waals surface area contributed by atoms with Crippen molar-refractivity contribution < 1.29 is 9.21 Å². The minimum Gasteiger partial charge on any atom is -0.459 e. The Morgan fingerprint density at radius 3 is 2.68 bits per heavy atom. The van der Waals surface area contributed by atoms with Crippen LogP contribution in [-0.4, -0.2) is 22.3 Å². The second-order valence-electron chi connectivity index (χ2n) is 6.54. The first kappa shape index (κ1) is 22.0. The van der Waals surface area contributed by atoms with E-state index in [0.29, 0.717) is 12.3 Å². The molecule has 0 bridgehead atoms. The quantitative estimate of drug-likeness (QED) is 0.678. The normalized spacial score (nSPS) is 13.0. The Labute approximate surface area is 177 Å². The molecular weight excluding hydrogens is 397 g/mol. The number of rotatable bonds is 5. The Balaban J connectivity index is 0.00000140. The molecule has 5 nitrogen and oxygen atoms in total. The Kier molecular flexibility index (Phi) is 8.05. The van der Waals surface area contributed by atoms with Crippen LogP contribution in [0.5, 0.6) is 0 Å². The molecule has 0 fully saturated rings. The van der Waals surface area contributed by atoms with Gasteiger partial charge in [-0.05, 0) is 40.8 Å². The molecule has 148 valence electrons. The molecular formula is C21H23Cl2N3O2. The summed E-state index contributed by atoms with van der Waals surface area (Å²) in [5.41, 5.74) is 4.97. The van der Waals surface area contributed by atoms with Gasteiger partial charge in [-0.2, -0.15) is 0 Å². The van der Waals surface area contributed by atoms with Crippen LogP contribution in [0.2, 0.25) is 0 Å². The van der Waals surface area contributed by atoms with Crippen LogP contribution in [0.25, 0.3) is 0 Å². The highest BCUT2D eigenvalue weighted by Gasteiger charge is 2.20. The summed E-state index contributed by atoms with van der Waals surface area (Å²) in [7, 11) is 0. The third kappa shape index (κ3) is 5.13. The Bertz CT molecular complexity index is 886. The highest BCUT2D eigenvalue weighted by Crippen LogP contribution is 2.23. The van der Waals surface area contributed by atoms with Crippen molar-refractivity contribution in [2.75, 3.05) is 6.54 Å². The van der Waals surface area contributed by atoms with Gasteiger partial charge < -0.3 is 9.73 Å². The maximum Gasteiger partial charge on any atom is 0.287 e. The van der Waals surface area contributed by atoms with E-state index in [4.69, 9.17) is 4.42 Å². The number of amides is 1. The summed E-state index contributed by atoms with van der Waals surface area (Å²) in [6.07, 6.45) is 6.28. The molecule has 0 saturated carbocycles. The van der Waals surface area contributed by atoms with Gasteiger partial charge in [0.1, 0.15) is 0 Å². The van der Waals surface area contributed by atoms with Gasteiger partial charge in [0.25, 0.3) is 5.91 Å². The number of pyridine rings is 1. The molecule has 0 atom stereocenters. The average molecular weight is 420 g/mol. The minimum atomic E-state index is -0.200. The molecule has 4 rings (SSSR count). The zero-order chi connectivity index (χ0) is 17.8. The van der Waals surface area contributed by atoms with Gasteiger partial charge in [0.2, 0.25) is 0 Å². The number of hydrogen-bond acceptors (Lipinski definition) is 4. The van der Waals surface area contributed by atoms with Crippen LogP contribution in [0.3, 0.4) is 0 Å². The van der Waals surface area contributed by atoms with Gasteiger partial charge in [0.05, 0.1) is 6.26 Å². The number of nitrogens with zero attached hydrogens (tertiary/aromatic N) is 2. The zero-order valence-electron chi connectivity index (χ0n) is 15.3. The number of aromatic nitrogens is 1. The molecule has 0 unspecified atom stereocenters. The minimum absolute atomic E-state index is 0. The van der Waals surface area contributed by atoms with Gasteiger partial charge in [0.15, 0.2) is 5.76 Å². The standard InChI is InChI=1S/C21H21N3O2.2ClH/c25-21(20-7-4-10-26-20)23-13-17-11-22-12-18-15-24(9-8-19(17)18)14-16-5-2-1-3-6-16;;/h1-7,10-12H,8-9,13-15H2,(H,23,25);2*1H. The lowest BCUT2D eigenvalue weighted by atomic mass is 9.96. The van der Waals surface area contributed by atoms with E-state index < -0.39 is 0 Å². The van der Waals surface area contributed by atoms with Gasteiger partial charge in [-0.3, -0.25) is 14.7 Å². The summed E-state index contributed by atoms with van der Waals surface area (Å²) in [5.74, 6) is 0.130. The molecule has 1 aliphatic heterocycles. The second-order valence-corrected chi connectivity index (χ2v) is 6.54. The number of fused-ring (bicyclic) bond motifs is 1. The summed E-state index contributed by atoms with van der Waals surface area (Å²) in [5, 5.41) is 2.92. The monoisotopic (exact) mass is 419 g/mol. The van der Waals surface area contributed by atoms with E-state index in [1.54, 1.807) is 12.1 Å². The van der Waals surface area contributed by atoms with E-state index in [1.807, 2.05) is 18.5 Å². The van der Waals surface area contributed by atoms with Gasteiger partial charge in [-0.15, -0.1) is 24.8 Å². The summed E-state index contributed by atoms with van der Waals surface area (Å²) in [4.78, 5) is 18.9. The molecule has 28 heavy (non-hydrogen) atoms. The number of nitrogens with one attached hydrogen (secondary N) is 1. The molecule has 3 heterocycles. The third-order valence-corrected chi connectivity index (χ3v) is 4.74. The maximum absolute atomic E-state index is 12.1. The van der Waals surface area contributed by atoms with Crippen LogP contribution in [0.4, 0.5) is 0 Å². The number of benzene rings is 1. The molecule has 0 spiro atoms. The van der Waals surface area contributed by atoms with E-state index in [9.17, 15) is 4.79 Å². The summed E-state index contributed by atoms with van der Waals surface area (Å²) in [6.45, 7) is 3.30. The van der Waals surface area contributed by atoms with Crippen LogP contribution >= 0.6 is 24.8 Å². The molecule has 0 radical (unpaired) electrons. The fraction of sp³-hybridized carbons (Fsp3) is 0.238. The molecule has 2 aromatic heterocycles. The molecule has 1 aliphatic rings. The van der Waals surface area contributed by atoms with Crippen LogP contribution in [-0.2, 0) is 26.1 Å². The summed E-state index contributed by atoms with van der Waals surface area (Å²) >= 11 is 0. The molecule has 0 aliphatic carbocycles. The summed E-state index contributed by atoms with van der Waals surface area (Å²) in [6, 6.07) is 13.9. The van der Waals surface area contributed by atoms with Crippen molar-refractivity contribution in [1.82, 2.24) is 15.2 Å². The van der Waals surface area contributed by atoms with Gasteiger partial charge in [-0.1, -0.05) is 30.3 Å². The van der Waals surface area contributed by atoms with E-state index in [1.165, 1.54) is 23.0 Å². The van der Waals surface area contributed by atoms with Crippen molar-refractivity contribution in [3.05, 3.63) is 89.1 Å². The van der Waals surface area contributed by atoms with Crippen molar-refractivity contribution in [3.63, 3.8) is 0 Å². The largest absolute Gasteiger partial charge is 0.459 e. The smallest absolute Gasteiger partial charge is 0.287 e. The SMILES string of the molecule is Cl.Cl.O=C(NCc1cncc2c1CCN(Cc1ccccc1)C2)c1ccco1. The lowest BCUT2D eigenvalue weighted by Crippen LogP contribution is -2.32. The first-order valence-electron chi connectivity index (χ1n) is 8.82. The molecule has 0 saturated heterocycles. The van der Waals surface area contributed by atoms with Crippen LogP contribution in [0.15, 0.2) is 65.5 Å². The number of carbonyl (C=O) groups excluding carboxylic acids is 1. The van der Waals surface area contributed by atoms with Gasteiger partial charge >= 0.3 is 0 Å². The fourth-order valence-electron chi connectivity index (χ4n) is 3.43. The van der Waals surface area contributed by atoms with Crippen LogP contribution in [0, 0.1) is 0 Å². The van der Waals surface area contributed by atoms with Crippen LogP contribution < -0.4 is 5.32 Å². The van der Waals surface area contributed by atoms with Gasteiger partial charge in [-0.25, -0.2) is 0 Å². The van der Waals surface area contributed by atoms with Crippen molar-refractivity contribution in [3.8, 4) is 0 Å². The Morgan fingerprint density at radius 1 is 1.11 bits per heavy atom. The lowest BCUT2D eigenvalue weighted by Gasteiger charge is -2.29. The number of hydrogen-bond donors (Lipinski definition) is 1. The zero-order valence-corrected chi connectivity index (χ0v) is 17.0. The molecule has 1 amide bonds. The topological polar surface area (TPSA) is 58.4 Å². The van der Waals surface area contributed by atoms with Crippen molar-refractivity contribution in [1.29, 1.82) is 0 Å². The second kappa shape index (κ2) is 10.3. The van der Waals surface area contributed by atoms with E-state index in [2.05, 4.69) is 39.5 Å². The molecule has 1 N–H and O–H groups in total. The highest BCUT2D eigenvalue weighted by molar-refractivity contribution is 5.91. The fourth-order valence-corrected chi connectivity index (χ4v) is 3.43. The van der Waals surface area contributed by atoms with Crippen molar-refractivity contribution in [2.24, 2.45) is 0 Å². The Morgan fingerprint density at radius 2 is 1.93 bits per heavy atom. The molecule has 1 aromatic carbocycles. The van der Waals surface area contributed by atoms with E-state index in [-0.39, 0.29) is 30.7 Å². The molecule has 3 aromatic rings. The predicted molar refractivity (Wildman–Crippen MR) is 113 cm³/mol. The maximum atomic E-state index is 12.1. The number of halogens is 2. The number of carbonyl (C=O) groups is 1. The van der Waals surface area contributed by atoms with Gasteiger partial charge in [0, 0.05) is 38.6 Å². The predicted octanol–water partition coefficient (Wildman–Crippen LogP) is 4.01. The lowest BCUT2D eigenvalue weighted by molar-refractivity contribution is 0.0923. The van der Waals surface area contributed by atoms with E-state index >= 15 is 0 Å².